The smallest absolute Gasteiger partial charge is 0.309 e. The molecule has 0 bridgehead atoms. The van der Waals surface area contributed by atoms with Gasteiger partial charge in [0.25, 0.3) is 0 Å². The lowest BCUT2D eigenvalue weighted by Crippen LogP contribution is -2.21. The van der Waals surface area contributed by atoms with Crippen LogP contribution in [0.1, 0.15) is 75.8 Å². The second-order valence-corrected chi connectivity index (χ2v) is 10.2. The second kappa shape index (κ2) is 18.0. The fraction of sp³-hybridized carbons (Fsp3) is 0.562. The van der Waals surface area contributed by atoms with Crippen LogP contribution < -0.4 is 19.3 Å². The van der Waals surface area contributed by atoms with Crippen LogP contribution in [0.2, 0.25) is 0 Å². The summed E-state index contributed by atoms with van der Waals surface area (Å²) in [5, 5.41) is 19.8. The zero-order valence-electron chi connectivity index (χ0n) is 24.4. The van der Waals surface area contributed by atoms with Gasteiger partial charge in [-0.1, -0.05) is 64.0 Å². The van der Waals surface area contributed by atoms with Crippen molar-refractivity contribution in [2.24, 2.45) is 11.8 Å². The number of carbonyl (C=O) groups excluding carboxylic acids is 2. The molecule has 1 aliphatic rings. The number of benzene rings is 2. The molecule has 2 atom stereocenters. The summed E-state index contributed by atoms with van der Waals surface area (Å²) in [5.74, 6) is 0.543. The van der Waals surface area contributed by atoms with Gasteiger partial charge in [0.2, 0.25) is 0 Å². The number of aromatic hydroxyl groups is 1. The molecule has 1 fully saturated rings. The average molecular weight is 558 g/mol. The summed E-state index contributed by atoms with van der Waals surface area (Å²) >= 11 is 0. The summed E-state index contributed by atoms with van der Waals surface area (Å²) < 4.78 is 21.1. The van der Waals surface area contributed by atoms with Crippen LogP contribution in [0.3, 0.4) is 0 Å². The van der Waals surface area contributed by atoms with E-state index in [2.05, 4.69) is 6.92 Å². The highest BCUT2D eigenvalue weighted by molar-refractivity contribution is 5.75. The zero-order chi connectivity index (χ0) is 29.3. The largest absolute Gasteiger partial charge is 0.550 e. The number of hydrogen-bond acceptors (Lipinski definition) is 8. The normalized spacial score (nSPS) is 16.1. The Hall–Kier alpha value is -3.42. The van der Waals surface area contributed by atoms with Crippen LogP contribution in [0.4, 0.5) is 0 Å². The molecular weight excluding hydrogens is 512 g/mol. The number of unbranched alkanes of at least 4 members (excludes halogenated alkanes) is 7. The molecule has 2 aromatic rings. The van der Waals surface area contributed by atoms with Gasteiger partial charge >= 0.3 is 5.97 Å². The van der Waals surface area contributed by atoms with Gasteiger partial charge in [-0.2, -0.15) is 0 Å². The Bertz CT molecular complexity index is 1050. The number of cyclic esters (lactones) is 1. The number of carbonyl (C=O) groups is 2. The first-order valence-electron chi connectivity index (χ1n) is 14.3. The first-order valence-corrected chi connectivity index (χ1v) is 14.3. The molecule has 222 valence electrons. The number of carboxylic acid groups (broad SMARTS) is 1. The zero-order valence-corrected chi connectivity index (χ0v) is 24.4. The number of esters is 1. The number of rotatable bonds is 16. The molecule has 1 saturated heterocycles. The maximum absolute atomic E-state index is 12.3. The van der Waals surface area contributed by atoms with Crippen molar-refractivity contribution < 1.29 is 38.7 Å². The molecule has 3 rings (SSSR count). The number of phenols is 1. The van der Waals surface area contributed by atoms with Gasteiger partial charge in [0, 0.05) is 11.9 Å². The molecular formula is C32H45O8-. The van der Waals surface area contributed by atoms with E-state index in [4.69, 9.17) is 18.9 Å². The third kappa shape index (κ3) is 11.0. The lowest BCUT2D eigenvalue weighted by molar-refractivity contribution is -0.305. The van der Waals surface area contributed by atoms with Crippen LogP contribution in [-0.2, 0) is 27.2 Å². The number of ether oxygens (including phenoxy) is 4. The summed E-state index contributed by atoms with van der Waals surface area (Å²) in [6.45, 7) is 2.60. The monoisotopic (exact) mass is 557 g/mol. The van der Waals surface area contributed by atoms with Crippen molar-refractivity contribution in [3.63, 3.8) is 0 Å². The summed E-state index contributed by atoms with van der Waals surface area (Å²) in [5.41, 5.74) is 1.98. The molecule has 0 aliphatic carbocycles. The topological polar surface area (TPSA) is 114 Å². The highest BCUT2D eigenvalue weighted by Gasteiger charge is 2.37. The molecule has 2 aromatic carbocycles. The summed E-state index contributed by atoms with van der Waals surface area (Å²) in [4.78, 5) is 22.3. The minimum absolute atomic E-state index is 0.0652. The average Bonchev–Trinajstić information content (AvgIpc) is 3.29. The van der Waals surface area contributed by atoms with Gasteiger partial charge in [-0.3, -0.25) is 4.79 Å². The van der Waals surface area contributed by atoms with Crippen molar-refractivity contribution in [1.29, 1.82) is 0 Å². The SMILES string of the molecule is CCCCCCCCCCC(=O)[O-].COc1cc(C[C@H]2C(=O)OC[C@@H]2Cc2ccc(OC)c(OC)c2)ccc1O. The maximum atomic E-state index is 12.3. The predicted molar refractivity (Wildman–Crippen MR) is 152 cm³/mol. The Balaban J connectivity index is 0.000000366. The van der Waals surface area contributed by atoms with Gasteiger partial charge < -0.3 is 34.0 Å². The van der Waals surface area contributed by atoms with Gasteiger partial charge in [-0.25, -0.2) is 0 Å². The predicted octanol–water partition coefficient (Wildman–Crippen LogP) is 5.26. The Morgan fingerprint density at radius 2 is 1.43 bits per heavy atom. The van der Waals surface area contributed by atoms with Crippen molar-refractivity contribution in [3.05, 3.63) is 47.5 Å². The minimum Gasteiger partial charge on any atom is -0.550 e. The summed E-state index contributed by atoms with van der Waals surface area (Å²) in [7, 11) is 4.70. The fourth-order valence-corrected chi connectivity index (χ4v) is 4.87. The van der Waals surface area contributed by atoms with Crippen molar-refractivity contribution in [2.75, 3.05) is 27.9 Å². The quantitative estimate of drug-likeness (QED) is 0.220. The Kier molecular flexibility index (Phi) is 14.8. The lowest BCUT2D eigenvalue weighted by Gasteiger charge is -2.17. The third-order valence-electron chi connectivity index (χ3n) is 7.19. The molecule has 0 saturated carbocycles. The first kappa shape index (κ1) is 32.8. The fourth-order valence-electron chi connectivity index (χ4n) is 4.87. The molecule has 8 nitrogen and oxygen atoms in total. The molecule has 0 spiro atoms. The van der Waals surface area contributed by atoms with Crippen molar-refractivity contribution in [3.8, 4) is 23.0 Å². The van der Waals surface area contributed by atoms with E-state index >= 15 is 0 Å². The number of hydrogen-bond donors (Lipinski definition) is 1. The van der Waals surface area contributed by atoms with Crippen molar-refractivity contribution in [2.45, 2.75) is 77.6 Å². The van der Waals surface area contributed by atoms with Crippen LogP contribution in [-0.4, -0.2) is 45.0 Å². The molecule has 40 heavy (non-hydrogen) atoms. The minimum atomic E-state index is -0.911. The first-order chi connectivity index (χ1) is 19.3. The molecule has 1 aliphatic heterocycles. The van der Waals surface area contributed by atoms with E-state index in [9.17, 15) is 19.8 Å². The van der Waals surface area contributed by atoms with E-state index in [0.717, 1.165) is 24.0 Å². The van der Waals surface area contributed by atoms with Crippen LogP contribution in [0.15, 0.2) is 36.4 Å². The van der Waals surface area contributed by atoms with Crippen LogP contribution in [0.5, 0.6) is 23.0 Å². The molecule has 0 radical (unpaired) electrons. The lowest BCUT2D eigenvalue weighted by atomic mass is 9.85. The Morgan fingerprint density at radius 3 is 2.05 bits per heavy atom. The maximum Gasteiger partial charge on any atom is 0.309 e. The second-order valence-electron chi connectivity index (χ2n) is 10.2. The highest BCUT2D eigenvalue weighted by Crippen LogP contribution is 2.34. The van der Waals surface area contributed by atoms with Crippen LogP contribution >= 0.6 is 0 Å². The number of methoxy groups -OCH3 is 3. The molecule has 0 unspecified atom stereocenters. The van der Waals surface area contributed by atoms with Gasteiger partial charge in [0.1, 0.15) is 0 Å². The number of aliphatic carboxylic acids is 1. The standard InChI is InChI=1S/C21H24O6.C11H22O2/c1-24-18-7-5-13(11-20(18)26-3)8-15-12-27-21(23)16(15)9-14-4-6-17(22)19(10-14)25-2;1-2-3-4-5-6-7-8-9-10-11(12)13/h4-7,10-11,15-16,22H,8-9,12H2,1-3H3;2-10H2,1H3,(H,12,13)/p-1/t15-,16+;/m0./s1. The third-order valence-corrected chi connectivity index (χ3v) is 7.19. The van der Waals surface area contributed by atoms with E-state index in [1.54, 1.807) is 32.4 Å². The number of carboxylic acids is 1. The van der Waals surface area contributed by atoms with E-state index < -0.39 is 5.97 Å². The summed E-state index contributed by atoms with van der Waals surface area (Å²) in [6, 6.07) is 10.9. The van der Waals surface area contributed by atoms with E-state index in [0.29, 0.717) is 36.7 Å². The van der Waals surface area contributed by atoms with Gasteiger partial charge in [-0.05, 0) is 61.1 Å². The van der Waals surface area contributed by atoms with Crippen molar-refractivity contribution >= 4 is 11.9 Å². The van der Waals surface area contributed by atoms with Crippen LogP contribution in [0, 0.1) is 11.8 Å². The van der Waals surface area contributed by atoms with E-state index in [1.165, 1.54) is 45.6 Å². The molecule has 0 amide bonds. The van der Waals surface area contributed by atoms with Gasteiger partial charge in [0.05, 0.1) is 33.9 Å². The highest BCUT2D eigenvalue weighted by atomic mass is 16.5. The van der Waals surface area contributed by atoms with Gasteiger partial charge in [-0.15, -0.1) is 0 Å². The van der Waals surface area contributed by atoms with E-state index in [-0.39, 0.29) is 30.0 Å². The molecule has 0 aromatic heterocycles. The van der Waals surface area contributed by atoms with Gasteiger partial charge in [0.15, 0.2) is 23.0 Å². The molecule has 1 N–H and O–H groups in total. The summed E-state index contributed by atoms with van der Waals surface area (Å²) in [6.07, 6.45) is 11.0. The Labute approximate surface area is 238 Å². The van der Waals surface area contributed by atoms with Crippen LogP contribution in [0.25, 0.3) is 0 Å². The van der Waals surface area contributed by atoms with Crippen molar-refractivity contribution in [1.82, 2.24) is 0 Å². The number of phenolic OH excluding ortho intramolecular Hbond substituents is 1. The van der Waals surface area contributed by atoms with E-state index in [1.807, 2.05) is 18.2 Å². The Morgan fingerprint density at radius 1 is 0.850 bits per heavy atom. The molecule has 8 heteroatoms. The molecule has 1 heterocycles.